The topological polar surface area (TPSA) is 139 Å². The summed E-state index contributed by atoms with van der Waals surface area (Å²) in [4.78, 5) is 32.1. The van der Waals surface area contributed by atoms with E-state index in [1.807, 2.05) is 0 Å². The molecule has 2 heterocycles. The van der Waals surface area contributed by atoms with Crippen molar-refractivity contribution in [1.82, 2.24) is 19.9 Å². The van der Waals surface area contributed by atoms with Gasteiger partial charge in [-0.15, -0.1) is 13.2 Å². The number of ether oxygens (including phenoxy) is 1. The van der Waals surface area contributed by atoms with Gasteiger partial charge in [0.1, 0.15) is 5.75 Å². The predicted octanol–water partition coefficient (Wildman–Crippen LogP) is 3.00. The lowest BCUT2D eigenvalue weighted by molar-refractivity contribution is -0.274. The first-order chi connectivity index (χ1) is 16.0. The monoisotopic (exact) mass is 495 g/mol. The number of aliphatic hydroxyl groups excluding tert-OH is 1. The molecule has 14 heteroatoms. The van der Waals surface area contributed by atoms with Crippen LogP contribution in [0, 0.1) is 0 Å². The molecule has 0 unspecified atom stereocenters. The largest absolute Gasteiger partial charge is 0.573 e. The maximum absolute atomic E-state index is 12.5. The minimum atomic E-state index is -4.80. The van der Waals surface area contributed by atoms with Crippen molar-refractivity contribution >= 4 is 55.5 Å². The van der Waals surface area contributed by atoms with Crippen LogP contribution < -0.4 is 15.4 Å². The van der Waals surface area contributed by atoms with Crippen LogP contribution in [0.1, 0.15) is 10.4 Å². The molecule has 0 saturated heterocycles. The number of halogens is 3. The van der Waals surface area contributed by atoms with Crippen molar-refractivity contribution in [3.63, 3.8) is 0 Å². The van der Waals surface area contributed by atoms with E-state index in [2.05, 4.69) is 25.3 Å². The Kier molecular flexibility index (Phi) is 6.01. The van der Waals surface area contributed by atoms with E-state index in [-0.39, 0.29) is 11.3 Å². The molecule has 1 atom stereocenters. The zero-order chi connectivity index (χ0) is 24.6. The van der Waals surface area contributed by atoms with E-state index in [1.54, 1.807) is 17.7 Å². The molecule has 0 spiro atoms. The number of fused-ring (bicyclic) bond motifs is 2. The maximum Gasteiger partial charge on any atom is 0.573 e. The number of nitrogens with zero attached hydrogens (tertiary/aromatic N) is 3. The Morgan fingerprint density at radius 1 is 1.18 bits per heavy atom. The van der Waals surface area contributed by atoms with Gasteiger partial charge in [0.15, 0.2) is 11.2 Å². The van der Waals surface area contributed by atoms with Gasteiger partial charge in [-0.2, -0.15) is 0 Å². The molecule has 0 fully saturated rings. The summed E-state index contributed by atoms with van der Waals surface area (Å²) in [6.45, 7) is -0.757. The molecule has 0 aliphatic carbocycles. The van der Waals surface area contributed by atoms with Gasteiger partial charge in [-0.25, -0.2) is 14.8 Å². The number of alkyl halides is 3. The number of imidazole rings is 1. The summed E-state index contributed by atoms with van der Waals surface area (Å²) < 4.78 is 43.5. The Hall–Kier alpha value is -3.91. The molecular weight excluding hydrogens is 479 g/mol. The minimum absolute atomic E-state index is 0.147. The summed E-state index contributed by atoms with van der Waals surface area (Å²) in [6, 6.07) is 6.95. The molecular formula is C20H16F3N5O5S. The summed E-state index contributed by atoms with van der Waals surface area (Å²) in [5.41, 5.74) is 1.69. The Labute approximate surface area is 192 Å². The van der Waals surface area contributed by atoms with Crippen LogP contribution in [0.5, 0.6) is 5.75 Å². The van der Waals surface area contributed by atoms with E-state index in [4.69, 9.17) is 10.2 Å². The lowest BCUT2D eigenvalue weighted by atomic mass is 10.1. The molecule has 0 saturated carbocycles. The lowest BCUT2D eigenvalue weighted by Crippen LogP contribution is -2.43. The first-order valence-corrected chi connectivity index (χ1v) is 10.4. The van der Waals surface area contributed by atoms with Crippen LogP contribution in [0.3, 0.4) is 0 Å². The summed E-state index contributed by atoms with van der Waals surface area (Å²) in [5.74, 6) is -2.05. The van der Waals surface area contributed by atoms with Crippen molar-refractivity contribution in [1.29, 1.82) is 0 Å². The first-order valence-electron chi connectivity index (χ1n) is 9.58. The van der Waals surface area contributed by atoms with Crippen LogP contribution in [0.4, 0.5) is 24.3 Å². The van der Waals surface area contributed by atoms with Gasteiger partial charge in [0.05, 0.1) is 27.9 Å². The standard InChI is InChI=1S/C20H16F3N5O5S/c1-28-14-5-2-9(16(30)24-13(8-29)17(31)32)6-12(14)25-18(28)27-19-26-11-4-3-10(7-15(11)34-19)33-20(21,22)23/h2-7,13,29H,8H2,1H3,(H,24,30)(H,31,32)(H,25,26,27)/t13-/m0/s1. The number of carbonyl (C=O) groups is 2. The molecule has 34 heavy (non-hydrogen) atoms. The number of hydrogen-bond donors (Lipinski definition) is 4. The van der Waals surface area contributed by atoms with E-state index in [9.17, 15) is 22.8 Å². The fourth-order valence-electron chi connectivity index (χ4n) is 3.13. The molecule has 2 aromatic carbocycles. The number of aromatic nitrogens is 3. The van der Waals surface area contributed by atoms with Crippen LogP contribution in [0.25, 0.3) is 21.3 Å². The van der Waals surface area contributed by atoms with Crippen LogP contribution in [0.2, 0.25) is 0 Å². The molecule has 0 aliphatic rings. The molecule has 4 N–H and O–H groups in total. The number of aliphatic carboxylic acids is 1. The van der Waals surface area contributed by atoms with Gasteiger partial charge in [0.2, 0.25) is 5.95 Å². The Balaban J connectivity index is 1.57. The molecule has 2 aromatic heterocycles. The van der Waals surface area contributed by atoms with Gasteiger partial charge in [0, 0.05) is 18.7 Å². The second-order valence-corrected chi connectivity index (χ2v) is 8.10. The van der Waals surface area contributed by atoms with E-state index >= 15 is 0 Å². The van der Waals surface area contributed by atoms with Crippen LogP contribution in [-0.2, 0) is 11.8 Å². The molecule has 4 aromatic rings. The number of anilines is 2. The summed E-state index contributed by atoms with van der Waals surface area (Å²) in [5, 5.41) is 23.7. The number of carbonyl (C=O) groups excluding carboxylic acids is 1. The number of aryl methyl sites for hydroxylation is 1. The number of carboxylic acid groups (broad SMARTS) is 1. The van der Waals surface area contributed by atoms with Gasteiger partial charge in [-0.1, -0.05) is 11.3 Å². The van der Waals surface area contributed by atoms with E-state index < -0.39 is 30.9 Å². The highest BCUT2D eigenvalue weighted by Gasteiger charge is 2.31. The number of carboxylic acids is 1. The Morgan fingerprint density at radius 2 is 1.94 bits per heavy atom. The van der Waals surface area contributed by atoms with Crippen LogP contribution in [0.15, 0.2) is 36.4 Å². The third-order valence-corrected chi connectivity index (χ3v) is 5.67. The van der Waals surface area contributed by atoms with Gasteiger partial charge < -0.3 is 30.2 Å². The van der Waals surface area contributed by atoms with E-state index in [0.29, 0.717) is 32.3 Å². The molecule has 0 aliphatic heterocycles. The molecule has 0 radical (unpaired) electrons. The van der Waals surface area contributed by atoms with Crippen molar-refractivity contribution in [3.8, 4) is 5.75 Å². The summed E-state index contributed by atoms with van der Waals surface area (Å²) in [7, 11) is 1.71. The number of amides is 1. The summed E-state index contributed by atoms with van der Waals surface area (Å²) in [6.07, 6.45) is -4.80. The van der Waals surface area contributed by atoms with Crippen LogP contribution in [-0.4, -0.2) is 55.6 Å². The van der Waals surface area contributed by atoms with E-state index in [0.717, 1.165) is 11.3 Å². The number of aliphatic hydroxyl groups is 1. The normalized spacial score (nSPS) is 12.6. The van der Waals surface area contributed by atoms with Crippen LogP contribution >= 0.6 is 11.3 Å². The van der Waals surface area contributed by atoms with Gasteiger partial charge in [0.25, 0.3) is 5.91 Å². The van der Waals surface area contributed by atoms with Gasteiger partial charge in [-0.05, 0) is 30.3 Å². The average molecular weight is 495 g/mol. The van der Waals surface area contributed by atoms with E-state index in [1.165, 1.54) is 30.3 Å². The summed E-state index contributed by atoms with van der Waals surface area (Å²) >= 11 is 1.10. The lowest BCUT2D eigenvalue weighted by Gasteiger charge is -2.11. The second-order valence-electron chi connectivity index (χ2n) is 7.07. The van der Waals surface area contributed by atoms with Crippen molar-refractivity contribution in [2.24, 2.45) is 7.05 Å². The SMILES string of the molecule is Cn1c(Nc2nc3ccc(OC(F)(F)F)cc3s2)nc2cc(C(=O)N[C@@H](CO)C(=O)O)ccc21. The van der Waals surface area contributed by atoms with Crippen molar-refractivity contribution in [2.75, 3.05) is 11.9 Å². The maximum atomic E-state index is 12.5. The third-order valence-electron chi connectivity index (χ3n) is 4.74. The van der Waals surface area contributed by atoms with Gasteiger partial charge >= 0.3 is 12.3 Å². The zero-order valence-electron chi connectivity index (χ0n) is 17.3. The molecule has 10 nitrogen and oxygen atoms in total. The van der Waals surface area contributed by atoms with Crippen molar-refractivity contribution in [2.45, 2.75) is 12.4 Å². The number of rotatable bonds is 7. The molecule has 1 amide bonds. The first kappa shape index (κ1) is 23.3. The van der Waals surface area contributed by atoms with Crippen molar-refractivity contribution < 1.29 is 37.7 Å². The predicted molar refractivity (Wildman–Crippen MR) is 116 cm³/mol. The molecule has 0 bridgehead atoms. The molecule has 178 valence electrons. The number of nitrogens with one attached hydrogen (secondary N) is 2. The second kappa shape index (κ2) is 8.79. The highest BCUT2D eigenvalue weighted by Crippen LogP contribution is 2.33. The number of thiazole rings is 1. The quantitative estimate of drug-likeness (QED) is 0.307. The zero-order valence-corrected chi connectivity index (χ0v) is 18.1. The molecule has 4 rings (SSSR count). The third kappa shape index (κ3) is 4.87. The minimum Gasteiger partial charge on any atom is -0.480 e. The smallest absolute Gasteiger partial charge is 0.480 e. The Bertz CT molecular complexity index is 1400. The Morgan fingerprint density at radius 3 is 2.62 bits per heavy atom. The fraction of sp³-hybridized carbons (Fsp3) is 0.200. The van der Waals surface area contributed by atoms with Gasteiger partial charge in [-0.3, -0.25) is 4.79 Å². The fourth-order valence-corrected chi connectivity index (χ4v) is 4.02. The highest BCUT2D eigenvalue weighted by molar-refractivity contribution is 7.22. The average Bonchev–Trinajstić information content (AvgIpc) is 3.30. The highest BCUT2D eigenvalue weighted by atomic mass is 32.1. The number of hydrogen-bond acceptors (Lipinski definition) is 8. The number of benzene rings is 2. The van der Waals surface area contributed by atoms with Crippen molar-refractivity contribution in [3.05, 3.63) is 42.0 Å².